The van der Waals surface area contributed by atoms with Crippen LogP contribution >= 0.6 is 0 Å². The molecular formula is C115H97BN6. The molecule has 18 aromatic rings. The molecule has 0 amide bonds. The van der Waals surface area contributed by atoms with Crippen molar-refractivity contribution < 1.29 is 0 Å². The smallest absolute Gasteiger partial charge is 0.252 e. The molecule has 0 spiro atoms. The van der Waals surface area contributed by atoms with Crippen molar-refractivity contribution in [2.75, 3.05) is 9.80 Å². The highest BCUT2D eigenvalue weighted by molar-refractivity contribution is 7.00. The predicted octanol–water partition coefficient (Wildman–Crippen LogP) is 28.9. The zero-order chi connectivity index (χ0) is 83.5. The fourth-order valence-corrected chi connectivity index (χ4v) is 18.3. The molecular weight excluding hydrogens is 1480 g/mol. The average molecular weight is 1570 g/mol. The van der Waals surface area contributed by atoms with Crippen molar-refractivity contribution in [3.63, 3.8) is 0 Å². The van der Waals surface area contributed by atoms with Gasteiger partial charge in [0.2, 0.25) is 0 Å². The van der Waals surface area contributed by atoms with Crippen LogP contribution in [-0.4, -0.2) is 26.2 Å². The highest BCUT2D eigenvalue weighted by Crippen LogP contribution is 2.52. The number of fused-ring (bicyclic) bond motifs is 7. The van der Waals surface area contributed by atoms with E-state index in [-0.39, 0.29) is 28.4 Å². The largest absolute Gasteiger partial charge is 0.311 e. The van der Waals surface area contributed by atoms with Crippen molar-refractivity contribution in [2.24, 2.45) is 0 Å². The average Bonchev–Trinajstić information content (AvgIpc) is 0.838. The molecule has 7 heteroatoms. The number of benzene rings is 16. The minimum atomic E-state index is -0.290. The fourth-order valence-electron chi connectivity index (χ4n) is 18.3. The van der Waals surface area contributed by atoms with E-state index in [1.54, 1.807) is 0 Å². The van der Waals surface area contributed by atoms with Crippen LogP contribution < -0.4 is 26.2 Å². The number of aromatic nitrogens is 4. The van der Waals surface area contributed by atoms with Crippen LogP contribution in [0.4, 0.5) is 34.1 Å². The van der Waals surface area contributed by atoms with Crippen LogP contribution in [0.1, 0.15) is 105 Å². The molecule has 590 valence electrons. The molecule has 0 radical (unpaired) electrons. The van der Waals surface area contributed by atoms with E-state index in [4.69, 9.17) is 15.0 Å². The number of hydrogen-bond donors (Lipinski definition) is 0. The lowest BCUT2D eigenvalue weighted by atomic mass is 9.33. The summed E-state index contributed by atoms with van der Waals surface area (Å²) >= 11 is 0. The fraction of sp³-hybridized carbons (Fsp3) is 0.139. The number of nitrogens with zero attached hydrogens (tertiary/aromatic N) is 6. The van der Waals surface area contributed by atoms with Gasteiger partial charge in [0.1, 0.15) is 0 Å². The number of anilines is 6. The van der Waals surface area contributed by atoms with Gasteiger partial charge in [-0.3, -0.25) is 0 Å². The third-order valence-corrected chi connectivity index (χ3v) is 24.9. The maximum absolute atomic E-state index is 5.35. The molecule has 0 unspecified atom stereocenters. The molecule has 122 heavy (non-hydrogen) atoms. The monoisotopic (exact) mass is 1570 g/mol. The third-order valence-electron chi connectivity index (χ3n) is 24.9. The van der Waals surface area contributed by atoms with Crippen LogP contribution in [0.25, 0.3) is 140 Å². The SMILES string of the molecule is CC(C)(C)c1cc(-c2ccc3c(c2)B2c4cc(-c5cc(C(C)(C)C)cc(C(C)(C)C)c5)ccc4N(c4cc(-c5ccccc5)cc(-c5ccccc5)c4)c4cc(-c5ccc6c(c5)c5ccccc5n6-c5ccccc5-c5nc(-c6ccccc6)nc(-c6ccccc6)n5)cc(c42)N3c2cc(-c3ccccc3)cc(-c3ccccc3)c2)cc(C(C)(C)C)c1. The standard InChI is InChI=1S/C115H97BN6/c1-112(2,3)90-59-87(60-91(72-90)113(4,5)6)81-52-55-104-99(68-81)116-100-69-82(88-61-92(114(7,8)9)73-93(62-88)115(10,11)12)53-56-105(100)121(95-65-85(76-39-23-15-24-40-76)58-86(66-95)77-41-25-16-26-42-77)107-71-89(70-106(108(107)116)120(104)94-63-83(74-35-19-13-20-36-74)57-84(64-94)75-37-21-14-22-38-75)80-51-54-103-98(67-80)96-47-31-33-49-101(96)122(103)102-50-34-32-48-97(102)111-118-109(78-43-27-17-28-44-78)117-110(119-111)79-45-29-18-30-46-79/h13-73H,1-12H3. The molecule has 0 saturated heterocycles. The number of rotatable bonds is 13. The van der Waals surface area contributed by atoms with Crippen LogP contribution in [-0.2, 0) is 21.7 Å². The maximum atomic E-state index is 5.35. The Morgan fingerprint density at radius 2 is 0.533 bits per heavy atom. The Hall–Kier alpha value is -14.0. The van der Waals surface area contributed by atoms with Gasteiger partial charge in [-0.05, 0) is 229 Å². The van der Waals surface area contributed by atoms with Gasteiger partial charge in [0.05, 0.1) is 16.7 Å². The molecule has 6 nitrogen and oxygen atoms in total. The number of para-hydroxylation sites is 2. The van der Waals surface area contributed by atoms with Gasteiger partial charge in [-0.15, -0.1) is 0 Å². The molecule has 0 fully saturated rings. The Morgan fingerprint density at radius 1 is 0.213 bits per heavy atom. The van der Waals surface area contributed by atoms with Crippen molar-refractivity contribution in [3.05, 3.63) is 392 Å². The van der Waals surface area contributed by atoms with E-state index in [9.17, 15) is 0 Å². The van der Waals surface area contributed by atoms with E-state index >= 15 is 0 Å². The quantitative estimate of drug-likeness (QED) is 0.108. The molecule has 2 aliphatic heterocycles. The summed E-state index contributed by atoms with van der Waals surface area (Å²) in [6.45, 7) is 27.9. The Labute approximate surface area is 718 Å². The van der Waals surface area contributed by atoms with E-state index in [2.05, 4.69) is 431 Å². The molecule has 0 aliphatic carbocycles. The van der Waals surface area contributed by atoms with Crippen molar-refractivity contribution in [1.29, 1.82) is 0 Å². The molecule has 0 atom stereocenters. The molecule has 0 bridgehead atoms. The van der Waals surface area contributed by atoms with Gasteiger partial charge < -0.3 is 14.4 Å². The van der Waals surface area contributed by atoms with Crippen LogP contribution in [0.5, 0.6) is 0 Å². The van der Waals surface area contributed by atoms with Crippen LogP contribution in [0, 0.1) is 0 Å². The third kappa shape index (κ3) is 14.2. The van der Waals surface area contributed by atoms with Crippen molar-refractivity contribution in [1.82, 2.24) is 19.5 Å². The van der Waals surface area contributed by atoms with Gasteiger partial charge in [-0.25, -0.2) is 15.0 Å². The Kier molecular flexibility index (Phi) is 18.9. The van der Waals surface area contributed by atoms with Gasteiger partial charge in [-0.1, -0.05) is 362 Å². The second-order valence-electron chi connectivity index (χ2n) is 37.3. The summed E-state index contributed by atoms with van der Waals surface area (Å²) in [6.07, 6.45) is 0. The summed E-state index contributed by atoms with van der Waals surface area (Å²) in [7, 11) is 0. The Balaban J connectivity index is 0.898. The van der Waals surface area contributed by atoms with Crippen LogP contribution in [0.2, 0.25) is 0 Å². The highest BCUT2D eigenvalue weighted by Gasteiger charge is 2.45. The maximum Gasteiger partial charge on any atom is 0.252 e. The second-order valence-corrected chi connectivity index (χ2v) is 37.3. The summed E-state index contributed by atoms with van der Waals surface area (Å²) in [6, 6.07) is 138. The molecule has 4 heterocycles. The van der Waals surface area contributed by atoms with Gasteiger partial charge in [-0.2, -0.15) is 0 Å². The van der Waals surface area contributed by atoms with Crippen molar-refractivity contribution in [3.8, 4) is 118 Å². The minimum absolute atomic E-state index is 0.116. The zero-order valence-corrected chi connectivity index (χ0v) is 71.5. The van der Waals surface area contributed by atoms with Gasteiger partial charge in [0, 0.05) is 61.6 Å². The first-order chi connectivity index (χ1) is 59.0. The van der Waals surface area contributed by atoms with Gasteiger partial charge >= 0.3 is 0 Å². The molecule has 2 aliphatic rings. The van der Waals surface area contributed by atoms with Crippen LogP contribution in [0.3, 0.4) is 0 Å². The van der Waals surface area contributed by atoms with Crippen molar-refractivity contribution in [2.45, 2.75) is 105 Å². The summed E-state index contributed by atoms with van der Waals surface area (Å²) in [5.41, 5.74) is 36.9. The first-order valence-electron chi connectivity index (χ1n) is 42.9. The van der Waals surface area contributed by atoms with E-state index in [0.29, 0.717) is 17.5 Å². The van der Waals surface area contributed by atoms with Crippen LogP contribution in [0.15, 0.2) is 370 Å². The van der Waals surface area contributed by atoms with E-state index in [1.807, 2.05) is 36.4 Å². The Bertz CT molecular complexity index is 6570. The topological polar surface area (TPSA) is 50.1 Å². The molecule has 16 aromatic carbocycles. The lowest BCUT2D eigenvalue weighted by Gasteiger charge is -2.45. The highest BCUT2D eigenvalue weighted by atomic mass is 15.2. The molecule has 0 saturated carbocycles. The first-order valence-corrected chi connectivity index (χ1v) is 42.9. The van der Waals surface area contributed by atoms with E-state index in [0.717, 1.165) is 134 Å². The van der Waals surface area contributed by atoms with Crippen molar-refractivity contribution >= 4 is 79.0 Å². The van der Waals surface area contributed by atoms with Gasteiger partial charge in [0.15, 0.2) is 17.5 Å². The summed E-state index contributed by atoms with van der Waals surface area (Å²) < 4.78 is 2.42. The van der Waals surface area contributed by atoms with E-state index in [1.165, 1.54) is 60.9 Å². The lowest BCUT2D eigenvalue weighted by Crippen LogP contribution is -2.61. The van der Waals surface area contributed by atoms with Gasteiger partial charge in [0.25, 0.3) is 6.71 Å². The molecule has 2 aromatic heterocycles. The molecule has 20 rings (SSSR count). The summed E-state index contributed by atoms with van der Waals surface area (Å²) in [5.74, 6) is 1.81. The second kappa shape index (κ2) is 30.1. The summed E-state index contributed by atoms with van der Waals surface area (Å²) in [5, 5.41) is 2.25. The lowest BCUT2D eigenvalue weighted by molar-refractivity contribution is 0.568. The zero-order valence-electron chi connectivity index (χ0n) is 71.5. The summed E-state index contributed by atoms with van der Waals surface area (Å²) in [4.78, 5) is 21.1. The predicted molar refractivity (Wildman–Crippen MR) is 517 cm³/mol. The number of hydrogen-bond acceptors (Lipinski definition) is 5. The first kappa shape index (κ1) is 76.7. The minimum Gasteiger partial charge on any atom is -0.311 e. The Morgan fingerprint density at radius 3 is 0.934 bits per heavy atom. The molecule has 0 N–H and O–H groups in total. The normalized spacial score (nSPS) is 12.7. The van der Waals surface area contributed by atoms with E-state index < -0.39 is 0 Å².